The minimum Gasteiger partial charge on any atom is -0.467 e. The molecule has 7 nitrogen and oxygen atoms in total. The summed E-state index contributed by atoms with van der Waals surface area (Å²) in [5.74, 6) is -2.64. The molecule has 3 amide bonds. The summed E-state index contributed by atoms with van der Waals surface area (Å²) in [5.41, 5.74) is -1.74. The third-order valence-corrected chi connectivity index (χ3v) is 5.61. The number of β-lactam (4-membered cyclic amide) rings is 1. The zero-order valence-electron chi connectivity index (χ0n) is 15.1. The van der Waals surface area contributed by atoms with Gasteiger partial charge in [-0.05, 0) is 17.7 Å². The van der Waals surface area contributed by atoms with Gasteiger partial charge in [0.25, 0.3) is 17.7 Å². The van der Waals surface area contributed by atoms with E-state index in [1.54, 1.807) is 12.1 Å². The number of hydrogen-bond acceptors (Lipinski definition) is 6. The fourth-order valence-electron chi connectivity index (χ4n) is 3.29. The van der Waals surface area contributed by atoms with E-state index in [4.69, 9.17) is 7.48 Å². The molecule has 128 valence electrons. The fourth-order valence-corrected chi connectivity index (χ4v) is 4.38. The maximum atomic E-state index is 12.8. The topological polar surface area (TPSA) is 84.0 Å². The number of thioether (sulfide) groups is 1. The van der Waals surface area contributed by atoms with Crippen LogP contribution >= 0.6 is 11.8 Å². The van der Waals surface area contributed by atoms with Crippen LogP contribution in [0.15, 0.2) is 36.4 Å². The van der Waals surface area contributed by atoms with Crippen LogP contribution in [0.25, 0.3) is 0 Å². The first-order valence-electron chi connectivity index (χ1n) is 8.44. The van der Waals surface area contributed by atoms with Crippen LogP contribution in [0.5, 0.6) is 0 Å². The van der Waals surface area contributed by atoms with Crippen LogP contribution in [-0.2, 0) is 14.3 Å². The Morgan fingerprint density at radius 3 is 2.44 bits per heavy atom. The van der Waals surface area contributed by atoms with Crippen LogP contribution in [0.1, 0.15) is 23.5 Å². The quantitative estimate of drug-likeness (QED) is 0.334. The molecule has 0 radical (unpaired) electrons. The number of imide groups is 1. The van der Waals surface area contributed by atoms with E-state index in [-0.39, 0.29) is 16.7 Å². The van der Waals surface area contributed by atoms with E-state index < -0.39 is 46.9 Å². The molecule has 2 fully saturated rings. The van der Waals surface area contributed by atoms with E-state index in [0.717, 1.165) is 28.7 Å². The molecule has 3 atom stereocenters. The number of amides is 3. The molecule has 0 saturated carbocycles. The van der Waals surface area contributed by atoms with E-state index in [1.807, 2.05) is 0 Å². The third kappa shape index (κ3) is 2.00. The molecule has 8 heteroatoms. The van der Waals surface area contributed by atoms with Gasteiger partial charge >= 0.3 is 5.97 Å². The van der Waals surface area contributed by atoms with Gasteiger partial charge in [-0.2, -0.15) is 0 Å². The Morgan fingerprint density at radius 1 is 1.28 bits per heavy atom. The van der Waals surface area contributed by atoms with Crippen molar-refractivity contribution in [3.05, 3.63) is 47.5 Å². The molecular weight excluding hydrogens is 344 g/mol. The molecule has 3 heterocycles. The molecule has 0 N–H and O–H groups in total. The van der Waals surface area contributed by atoms with Gasteiger partial charge < -0.3 is 9.64 Å². The van der Waals surface area contributed by atoms with Crippen molar-refractivity contribution in [2.45, 2.75) is 17.5 Å². The number of carbonyl (C=O) groups is 4. The minimum absolute atomic E-state index is 0.107. The van der Waals surface area contributed by atoms with Crippen molar-refractivity contribution in [3.63, 3.8) is 0 Å². The Hall–Kier alpha value is -2.61. The molecule has 3 aliphatic rings. The molecular formula is C17H14N2O5S. The monoisotopic (exact) mass is 360 g/mol. The first-order valence-corrected chi connectivity index (χ1v) is 8.32. The van der Waals surface area contributed by atoms with Crippen LogP contribution in [-0.4, -0.2) is 63.8 Å². The lowest BCUT2D eigenvalue weighted by Gasteiger charge is -2.54. The van der Waals surface area contributed by atoms with Gasteiger partial charge in [0.15, 0.2) is 6.04 Å². The Bertz CT molecular complexity index is 899. The van der Waals surface area contributed by atoms with Crippen molar-refractivity contribution in [2.24, 2.45) is 0 Å². The maximum Gasteiger partial charge on any atom is 0.332 e. The molecule has 2 unspecified atom stereocenters. The highest BCUT2D eigenvalue weighted by Crippen LogP contribution is 2.44. The van der Waals surface area contributed by atoms with E-state index in [2.05, 4.69) is 6.58 Å². The third-order valence-electron chi connectivity index (χ3n) is 4.50. The number of rotatable bonds is 2. The number of nitrogens with zero attached hydrogens (tertiary/aromatic N) is 2. The summed E-state index contributed by atoms with van der Waals surface area (Å²) < 4.78 is 21.0. The zero-order chi connectivity index (χ0) is 19.7. The molecule has 4 rings (SSSR count). The Kier molecular flexibility index (Phi) is 2.98. The van der Waals surface area contributed by atoms with Gasteiger partial charge in [0.1, 0.15) is 11.4 Å². The van der Waals surface area contributed by atoms with Crippen molar-refractivity contribution >= 4 is 35.5 Å². The average Bonchev–Trinajstić information content (AvgIpc) is 2.89. The average molecular weight is 360 g/mol. The van der Waals surface area contributed by atoms with Gasteiger partial charge in [-0.25, -0.2) is 4.79 Å². The predicted molar refractivity (Wildman–Crippen MR) is 88.8 cm³/mol. The first-order chi connectivity index (χ1) is 12.7. The van der Waals surface area contributed by atoms with E-state index >= 15 is 0 Å². The lowest BCUT2D eigenvalue weighted by Crippen LogP contribution is -2.75. The maximum absolute atomic E-state index is 12.8. The van der Waals surface area contributed by atoms with E-state index in [9.17, 15) is 19.2 Å². The van der Waals surface area contributed by atoms with Crippen LogP contribution < -0.4 is 0 Å². The molecule has 3 aliphatic heterocycles. The van der Waals surface area contributed by atoms with Gasteiger partial charge in [0.2, 0.25) is 0 Å². The number of esters is 1. The van der Waals surface area contributed by atoms with Crippen molar-refractivity contribution in [1.82, 2.24) is 9.80 Å². The fraction of sp³-hybridized carbons (Fsp3) is 0.294. The molecule has 1 aromatic rings. The second-order valence-electron chi connectivity index (χ2n) is 5.78. The SMILES string of the molecule is [2H]C1([2H])S[C@H]2C(N3C(=O)c4ccccc4C3=O)C(=O)N2C(C(=O)OC)C1=C. The molecule has 0 bridgehead atoms. The summed E-state index contributed by atoms with van der Waals surface area (Å²) in [6, 6.07) is 3.76. The summed E-state index contributed by atoms with van der Waals surface area (Å²) in [4.78, 5) is 52.3. The summed E-state index contributed by atoms with van der Waals surface area (Å²) in [5, 5.41) is -0.899. The highest BCUT2D eigenvalue weighted by molar-refractivity contribution is 8.00. The van der Waals surface area contributed by atoms with Gasteiger partial charge in [0.05, 0.1) is 18.2 Å². The number of fused-ring (bicyclic) bond motifs is 2. The molecule has 0 aromatic heterocycles. The highest BCUT2D eigenvalue weighted by atomic mass is 32.2. The zero-order valence-corrected chi connectivity index (χ0v) is 13.9. The highest BCUT2D eigenvalue weighted by Gasteiger charge is 2.61. The number of carbonyl (C=O) groups excluding carboxylic acids is 4. The molecule has 0 aliphatic carbocycles. The summed E-state index contributed by atoms with van der Waals surface area (Å²) in [6.07, 6.45) is 0. The van der Waals surface area contributed by atoms with Crippen LogP contribution in [0.3, 0.4) is 0 Å². The standard InChI is InChI=1S/C17H14N2O5S/c1-8-7-25-16-12(15(22)19(16)11(8)17(23)24-2)18-13(20)9-5-3-4-6-10(9)14(18)21/h3-6,11-12,16H,1,7H2,2H3/t11?,12?,16-/m0/s1/i7D2. The van der Waals surface area contributed by atoms with Crippen LogP contribution in [0, 0.1) is 0 Å². The normalized spacial score (nSPS) is 31.0. The number of hydrogen-bond donors (Lipinski definition) is 0. The van der Waals surface area contributed by atoms with Crippen molar-refractivity contribution in [1.29, 1.82) is 0 Å². The van der Waals surface area contributed by atoms with Crippen molar-refractivity contribution in [2.75, 3.05) is 12.8 Å². The Labute approximate surface area is 150 Å². The number of benzene rings is 1. The second kappa shape index (κ2) is 5.45. The van der Waals surface area contributed by atoms with Crippen molar-refractivity contribution < 1.29 is 26.7 Å². The van der Waals surface area contributed by atoms with Gasteiger partial charge in [-0.3, -0.25) is 19.3 Å². The first kappa shape index (κ1) is 13.7. The van der Waals surface area contributed by atoms with Gasteiger partial charge in [0, 0.05) is 8.45 Å². The smallest absolute Gasteiger partial charge is 0.332 e. The van der Waals surface area contributed by atoms with E-state index in [0.29, 0.717) is 0 Å². The van der Waals surface area contributed by atoms with Crippen molar-refractivity contribution in [3.8, 4) is 0 Å². The Balaban J connectivity index is 1.71. The lowest BCUT2D eigenvalue weighted by molar-refractivity contribution is -0.163. The second-order valence-corrected chi connectivity index (χ2v) is 6.70. The van der Waals surface area contributed by atoms with Gasteiger partial charge in [-0.1, -0.05) is 18.7 Å². The molecule has 25 heavy (non-hydrogen) atoms. The summed E-state index contributed by atoms with van der Waals surface area (Å²) in [7, 11) is 1.13. The lowest BCUT2D eigenvalue weighted by atomic mass is 9.97. The largest absolute Gasteiger partial charge is 0.467 e. The Morgan fingerprint density at radius 2 is 1.88 bits per heavy atom. The van der Waals surface area contributed by atoms with Gasteiger partial charge in [-0.15, -0.1) is 11.8 Å². The molecule has 1 aromatic carbocycles. The summed E-state index contributed by atoms with van der Waals surface area (Å²) >= 11 is 0.745. The minimum atomic E-state index is -2.03. The predicted octanol–water partition coefficient (Wildman–Crippen LogP) is 0.664. The molecule has 0 spiro atoms. The summed E-state index contributed by atoms with van der Waals surface area (Å²) in [6.45, 7) is 3.62. The number of methoxy groups -OCH3 is 1. The van der Waals surface area contributed by atoms with E-state index in [1.165, 1.54) is 12.1 Å². The molecule has 2 saturated heterocycles. The number of ether oxygens (including phenoxy) is 1. The van der Waals surface area contributed by atoms with Crippen LogP contribution in [0.2, 0.25) is 0 Å². The van der Waals surface area contributed by atoms with Crippen LogP contribution in [0.4, 0.5) is 0 Å².